The summed E-state index contributed by atoms with van der Waals surface area (Å²) in [5, 5.41) is 12.4. The number of carbonyl (C=O) groups is 1. The highest BCUT2D eigenvalue weighted by molar-refractivity contribution is 7.99. The molecule has 7 heteroatoms. The molecule has 4 aromatic rings. The van der Waals surface area contributed by atoms with Gasteiger partial charge >= 0.3 is 0 Å². The predicted molar refractivity (Wildman–Crippen MR) is 134 cm³/mol. The average molecular weight is 458 g/mol. The standard InChI is InChI=1S/C26H27N5OS/c1-4-19(3)20-9-11-22(12-10-20)28-24(32)17-33-26-30-29-25(21-6-5-15-27-16-21)31(26)23-13-7-18(2)8-14-23/h5-16,19H,4,17H2,1-3H3,(H,28,32)/t19-/m0/s1. The molecule has 0 unspecified atom stereocenters. The van der Waals surface area contributed by atoms with E-state index in [1.165, 1.54) is 22.9 Å². The molecule has 2 aromatic heterocycles. The molecule has 168 valence electrons. The van der Waals surface area contributed by atoms with Crippen molar-refractivity contribution in [3.63, 3.8) is 0 Å². The van der Waals surface area contributed by atoms with Gasteiger partial charge in [0.1, 0.15) is 0 Å². The van der Waals surface area contributed by atoms with Crippen LogP contribution in [0.1, 0.15) is 37.3 Å². The summed E-state index contributed by atoms with van der Waals surface area (Å²) in [6.45, 7) is 6.42. The lowest BCUT2D eigenvalue weighted by Crippen LogP contribution is -2.14. The number of pyridine rings is 1. The van der Waals surface area contributed by atoms with Crippen LogP contribution in [0.3, 0.4) is 0 Å². The van der Waals surface area contributed by atoms with Crippen LogP contribution in [-0.4, -0.2) is 31.4 Å². The Morgan fingerprint density at radius 1 is 1.06 bits per heavy atom. The molecule has 0 aliphatic heterocycles. The highest BCUT2D eigenvalue weighted by Crippen LogP contribution is 2.28. The predicted octanol–water partition coefficient (Wildman–Crippen LogP) is 5.88. The van der Waals surface area contributed by atoms with E-state index in [2.05, 4.69) is 46.5 Å². The van der Waals surface area contributed by atoms with E-state index in [0.717, 1.165) is 23.4 Å². The van der Waals surface area contributed by atoms with Gasteiger partial charge in [0.15, 0.2) is 11.0 Å². The molecule has 0 fully saturated rings. The van der Waals surface area contributed by atoms with Crippen molar-refractivity contribution in [2.45, 2.75) is 38.3 Å². The van der Waals surface area contributed by atoms with E-state index < -0.39 is 0 Å². The Balaban J connectivity index is 1.51. The van der Waals surface area contributed by atoms with Crippen LogP contribution in [-0.2, 0) is 4.79 Å². The van der Waals surface area contributed by atoms with Gasteiger partial charge in [-0.2, -0.15) is 0 Å². The summed E-state index contributed by atoms with van der Waals surface area (Å²) in [6.07, 6.45) is 4.58. The quantitative estimate of drug-likeness (QED) is 0.334. The molecule has 33 heavy (non-hydrogen) atoms. The molecule has 0 aliphatic carbocycles. The number of amides is 1. The van der Waals surface area contributed by atoms with Gasteiger partial charge in [-0.05, 0) is 61.2 Å². The van der Waals surface area contributed by atoms with Gasteiger partial charge in [-0.15, -0.1) is 10.2 Å². The molecule has 1 amide bonds. The minimum Gasteiger partial charge on any atom is -0.325 e. The number of rotatable bonds is 8. The first-order valence-corrected chi connectivity index (χ1v) is 12.0. The zero-order valence-electron chi connectivity index (χ0n) is 19.0. The van der Waals surface area contributed by atoms with Crippen molar-refractivity contribution in [3.05, 3.63) is 84.2 Å². The van der Waals surface area contributed by atoms with Crippen LogP contribution in [0.2, 0.25) is 0 Å². The zero-order valence-corrected chi connectivity index (χ0v) is 19.8. The Bertz CT molecular complexity index is 1200. The molecule has 0 saturated carbocycles. The van der Waals surface area contributed by atoms with E-state index in [1.807, 2.05) is 60.0 Å². The number of thioether (sulfide) groups is 1. The van der Waals surface area contributed by atoms with Crippen molar-refractivity contribution < 1.29 is 4.79 Å². The van der Waals surface area contributed by atoms with Gasteiger partial charge in [0.2, 0.25) is 5.91 Å². The molecule has 0 spiro atoms. The van der Waals surface area contributed by atoms with Crippen LogP contribution < -0.4 is 5.32 Å². The van der Waals surface area contributed by atoms with Gasteiger partial charge in [-0.3, -0.25) is 14.3 Å². The van der Waals surface area contributed by atoms with Gasteiger partial charge in [0.25, 0.3) is 0 Å². The second-order valence-electron chi connectivity index (χ2n) is 7.99. The van der Waals surface area contributed by atoms with E-state index in [1.54, 1.807) is 12.4 Å². The lowest BCUT2D eigenvalue weighted by molar-refractivity contribution is -0.113. The van der Waals surface area contributed by atoms with Crippen LogP contribution in [0, 0.1) is 6.92 Å². The number of benzene rings is 2. The molecule has 0 saturated heterocycles. The van der Waals surface area contributed by atoms with Gasteiger partial charge in [0, 0.05) is 29.3 Å². The maximum atomic E-state index is 12.6. The van der Waals surface area contributed by atoms with Crippen LogP contribution in [0.5, 0.6) is 0 Å². The van der Waals surface area contributed by atoms with Crippen molar-refractivity contribution >= 4 is 23.4 Å². The third kappa shape index (κ3) is 5.49. The third-order valence-electron chi connectivity index (χ3n) is 5.55. The number of hydrogen-bond donors (Lipinski definition) is 1. The minimum absolute atomic E-state index is 0.0855. The molecular weight excluding hydrogens is 430 g/mol. The van der Waals surface area contributed by atoms with Gasteiger partial charge in [-0.1, -0.05) is 55.4 Å². The first-order valence-electron chi connectivity index (χ1n) is 11.0. The molecule has 1 atom stereocenters. The summed E-state index contributed by atoms with van der Waals surface area (Å²) in [5.41, 5.74) is 5.04. The number of nitrogens with one attached hydrogen (secondary N) is 1. The largest absolute Gasteiger partial charge is 0.325 e. The molecule has 1 N–H and O–H groups in total. The topological polar surface area (TPSA) is 72.7 Å². The van der Waals surface area contributed by atoms with E-state index in [9.17, 15) is 4.79 Å². The second-order valence-corrected chi connectivity index (χ2v) is 8.93. The summed E-state index contributed by atoms with van der Waals surface area (Å²) in [5.74, 6) is 1.34. The van der Waals surface area contributed by atoms with Crippen LogP contribution in [0.25, 0.3) is 17.1 Å². The maximum Gasteiger partial charge on any atom is 0.234 e. The smallest absolute Gasteiger partial charge is 0.234 e. The van der Waals surface area contributed by atoms with Gasteiger partial charge in [0.05, 0.1) is 5.75 Å². The average Bonchev–Trinajstić information content (AvgIpc) is 3.28. The molecule has 2 aromatic carbocycles. The summed E-state index contributed by atoms with van der Waals surface area (Å²) in [4.78, 5) is 16.8. The summed E-state index contributed by atoms with van der Waals surface area (Å²) in [7, 11) is 0. The van der Waals surface area contributed by atoms with Crippen molar-refractivity contribution in [2.75, 3.05) is 11.1 Å². The van der Waals surface area contributed by atoms with E-state index in [4.69, 9.17) is 0 Å². The number of anilines is 1. The maximum absolute atomic E-state index is 12.6. The molecule has 0 aliphatic rings. The monoisotopic (exact) mass is 457 g/mol. The Hall–Kier alpha value is -3.45. The number of aromatic nitrogens is 4. The van der Waals surface area contributed by atoms with Gasteiger partial charge in [-0.25, -0.2) is 0 Å². The lowest BCUT2D eigenvalue weighted by Gasteiger charge is -2.11. The molecule has 0 bridgehead atoms. The van der Waals surface area contributed by atoms with Crippen molar-refractivity contribution in [1.29, 1.82) is 0 Å². The fraction of sp³-hybridized carbons (Fsp3) is 0.231. The summed E-state index contributed by atoms with van der Waals surface area (Å²) in [6, 6.07) is 20.0. The normalized spacial score (nSPS) is 11.8. The number of carbonyl (C=O) groups excluding carboxylic acids is 1. The highest BCUT2D eigenvalue weighted by Gasteiger charge is 2.17. The first-order chi connectivity index (χ1) is 16.0. The minimum atomic E-state index is -0.0855. The first kappa shape index (κ1) is 22.7. The van der Waals surface area contributed by atoms with Crippen molar-refractivity contribution in [1.82, 2.24) is 19.7 Å². The fourth-order valence-electron chi connectivity index (χ4n) is 3.43. The Morgan fingerprint density at radius 2 is 1.82 bits per heavy atom. The molecular formula is C26H27N5OS. The Kier molecular flexibility index (Phi) is 7.19. The molecule has 2 heterocycles. The van der Waals surface area contributed by atoms with E-state index in [-0.39, 0.29) is 11.7 Å². The molecule has 6 nitrogen and oxygen atoms in total. The third-order valence-corrected chi connectivity index (χ3v) is 6.48. The summed E-state index contributed by atoms with van der Waals surface area (Å²) >= 11 is 1.36. The Morgan fingerprint density at radius 3 is 2.48 bits per heavy atom. The fourth-order valence-corrected chi connectivity index (χ4v) is 4.18. The number of aryl methyl sites for hydroxylation is 1. The SMILES string of the molecule is CC[C@H](C)c1ccc(NC(=O)CSc2nnc(-c3cccnc3)n2-c2ccc(C)cc2)cc1. The Labute approximate surface area is 198 Å². The lowest BCUT2D eigenvalue weighted by atomic mass is 9.99. The van der Waals surface area contributed by atoms with Crippen molar-refractivity contribution in [3.8, 4) is 17.1 Å². The van der Waals surface area contributed by atoms with Crippen LogP contribution in [0.4, 0.5) is 5.69 Å². The van der Waals surface area contributed by atoms with E-state index in [0.29, 0.717) is 16.9 Å². The molecule has 4 rings (SSSR count). The zero-order chi connectivity index (χ0) is 23.2. The highest BCUT2D eigenvalue weighted by atomic mass is 32.2. The number of nitrogens with zero attached hydrogens (tertiary/aromatic N) is 4. The summed E-state index contributed by atoms with van der Waals surface area (Å²) < 4.78 is 1.97. The van der Waals surface area contributed by atoms with Crippen LogP contribution >= 0.6 is 11.8 Å². The second kappa shape index (κ2) is 10.4. The number of hydrogen-bond acceptors (Lipinski definition) is 5. The van der Waals surface area contributed by atoms with E-state index >= 15 is 0 Å². The molecule has 0 radical (unpaired) electrons. The van der Waals surface area contributed by atoms with Crippen molar-refractivity contribution in [2.24, 2.45) is 0 Å². The van der Waals surface area contributed by atoms with Crippen LogP contribution in [0.15, 0.2) is 78.2 Å². The van der Waals surface area contributed by atoms with Gasteiger partial charge < -0.3 is 5.32 Å².